The molecule has 0 N–H and O–H groups in total. The highest BCUT2D eigenvalue weighted by atomic mass is 16.1. The maximum Gasteiger partial charge on any atom is 0.129 e. The molecule has 0 aromatic carbocycles. The van der Waals surface area contributed by atoms with Gasteiger partial charge in [-0.25, -0.2) is 0 Å². The molecule has 0 fully saturated rings. The smallest absolute Gasteiger partial charge is 0.129 e. The van der Waals surface area contributed by atoms with Gasteiger partial charge in [0.25, 0.3) is 0 Å². The van der Waals surface area contributed by atoms with Gasteiger partial charge in [-0.2, -0.15) is 0 Å². The zero-order valence-corrected chi connectivity index (χ0v) is 13.9. The standard InChI is InChI=1S/C8H14O2.2C4H8O/c1-7(9)5-3-4-6-8(2)10;2*1-3-4(2)5/h3-6H2,1-2H3;2*3H2,1-2H3. The second kappa shape index (κ2) is 17.7. The van der Waals surface area contributed by atoms with E-state index in [4.69, 9.17) is 0 Å². The third-order valence-corrected chi connectivity index (χ3v) is 2.30. The van der Waals surface area contributed by atoms with E-state index in [1.807, 2.05) is 13.8 Å². The summed E-state index contributed by atoms with van der Waals surface area (Å²) in [5.41, 5.74) is 0. The largest absolute Gasteiger partial charge is 0.300 e. The van der Waals surface area contributed by atoms with Gasteiger partial charge in [0.15, 0.2) is 0 Å². The second-order valence-electron chi connectivity index (χ2n) is 4.72. The van der Waals surface area contributed by atoms with Crippen molar-refractivity contribution in [3.8, 4) is 0 Å². The van der Waals surface area contributed by atoms with Crippen molar-refractivity contribution in [2.45, 2.75) is 80.1 Å². The van der Waals surface area contributed by atoms with Crippen LogP contribution in [0.2, 0.25) is 0 Å². The first-order valence-corrected chi connectivity index (χ1v) is 7.14. The van der Waals surface area contributed by atoms with Crippen LogP contribution in [0.5, 0.6) is 0 Å². The van der Waals surface area contributed by atoms with Crippen LogP contribution < -0.4 is 0 Å². The van der Waals surface area contributed by atoms with Crippen LogP contribution in [0.25, 0.3) is 0 Å². The van der Waals surface area contributed by atoms with E-state index in [2.05, 4.69) is 0 Å². The van der Waals surface area contributed by atoms with E-state index in [0.29, 0.717) is 25.7 Å². The first-order valence-electron chi connectivity index (χ1n) is 7.14. The number of unbranched alkanes of at least 4 members (excludes halogenated alkanes) is 1. The molecule has 118 valence electrons. The van der Waals surface area contributed by atoms with Gasteiger partial charge >= 0.3 is 0 Å². The molecule has 0 rings (SSSR count). The van der Waals surface area contributed by atoms with Gasteiger partial charge in [-0.15, -0.1) is 0 Å². The fourth-order valence-corrected chi connectivity index (χ4v) is 0.748. The summed E-state index contributed by atoms with van der Waals surface area (Å²) in [5.74, 6) is 0.933. The number of carbonyl (C=O) groups is 4. The molecule has 0 aromatic heterocycles. The predicted octanol–water partition coefficient (Wildman–Crippen LogP) is 3.70. The lowest BCUT2D eigenvalue weighted by Gasteiger charge is -1.93. The molecule has 20 heavy (non-hydrogen) atoms. The van der Waals surface area contributed by atoms with Crippen LogP contribution in [0.15, 0.2) is 0 Å². The highest BCUT2D eigenvalue weighted by molar-refractivity contribution is 5.76. The van der Waals surface area contributed by atoms with Crippen molar-refractivity contribution in [1.29, 1.82) is 0 Å². The quantitative estimate of drug-likeness (QED) is 0.669. The lowest BCUT2D eigenvalue weighted by atomic mass is 10.1. The highest BCUT2D eigenvalue weighted by Crippen LogP contribution is 2.00. The summed E-state index contributed by atoms with van der Waals surface area (Å²) in [4.78, 5) is 40.4. The average molecular weight is 286 g/mol. The maximum absolute atomic E-state index is 10.4. The summed E-state index contributed by atoms with van der Waals surface area (Å²) in [6.45, 7) is 10.0. The molecule has 0 saturated heterocycles. The first kappa shape index (κ1) is 23.7. The summed E-state index contributed by atoms with van der Waals surface area (Å²) in [6.07, 6.45) is 4.28. The van der Waals surface area contributed by atoms with E-state index < -0.39 is 0 Å². The molecule has 4 heteroatoms. The van der Waals surface area contributed by atoms with Gasteiger partial charge in [-0.3, -0.25) is 0 Å². The van der Waals surface area contributed by atoms with Gasteiger partial charge in [0.05, 0.1) is 0 Å². The molecule has 4 nitrogen and oxygen atoms in total. The molecule has 0 aliphatic carbocycles. The molecule has 0 amide bonds. The van der Waals surface area contributed by atoms with E-state index in [-0.39, 0.29) is 23.1 Å². The van der Waals surface area contributed by atoms with E-state index in [1.165, 1.54) is 0 Å². The fraction of sp³-hybridized carbons (Fsp3) is 0.750. The molecule has 0 unspecified atom stereocenters. The molecule has 0 aliphatic heterocycles. The number of hydrogen-bond donors (Lipinski definition) is 0. The van der Waals surface area contributed by atoms with Crippen LogP contribution >= 0.6 is 0 Å². The van der Waals surface area contributed by atoms with Crippen LogP contribution in [-0.4, -0.2) is 23.1 Å². The third kappa shape index (κ3) is 43.8. The number of Topliss-reactive ketones (excluding diaryl/α,β-unsaturated/α-hetero) is 4. The molecule has 0 spiro atoms. The van der Waals surface area contributed by atoms with Crippen molar-refractivity contribution in [1.82, 2.24) is 0 Å². The minimum absolute atomic E-state index is 0.212. The summed E-state index contributed by atoms with van der Waals surface area (Å²) in [6, 6.07) is 0. The maximum atomic E-state index is 10.4. The SMILES string of the molecule is CC(=O)CCCCC(C)=O.CCC(C)=O.CCC(C)=O. The van der Waals surface area contributed by atoms with Crippen molar-refractivity contribution in [3.63, 3.8) is 0 Å². The summed E-state index contributed by atoms with van der Waals surface area (Å²) < 4.78 is 0. The fourth-order valence-electron chi connectivity index (χ4n) is 0.748. The molecule has 0 saturated carbocycles. The zero-order chi connectivity index (χ0) is 16.6. The summed E-state index contributed by atoms with van der Waals surface area (Å²) in [5, 5.41) is 0. The minimum Gasteiger partial charge on any atom is -0.300 e. The zero-order valence-electron chi connectivity index (χ0n) is 13.9. The lowest BCUT2D eigenvalue weighted by molar-refractivity contribution is -0.118. The van der Waals surface area contributed by atoms with Gasteiger partial charge in [-0.1, -0.05) is 13.8 Å². The van der Waals surface area contributed by atoms with Crippen LogP contribution in [-0.2, 0) is 19.2 Å². The Hall–Kier alpha value is -1.32. The van der Waals surface area contributed by atoms with Crippen LogP contribution in [0.3, 0.4) is 0 Å². The predicted molar refractivity (Wildman–Crippen MR) is 81.8 cm³/mol. The van der Waals surface area contributed by atoms with Crippen LogP contribution in [0, 0.1) is 0 Å². The van der Waals surface area contributed by atoms with Crippen molar-refractivity contribution in [2.75, 3.05) is 0 Å². The molecule has 0 heterocycles. The van der Waals surface area contributed by atoms with Gasteiger partial charge < -0.3 is 19.2 Å². The Morgan fingerprint density at radius 3 is 0.850 bits per heavy atom. The normalized spacial score (nSPS) is 8.50. The monoisotopic (exact) mass is 286 g/mol. The minimum atomic E-state index is 0.212. The Morgan fingerprint density at radius 1 is 0.550 bits per heavy atom. The molecule has 0 aliphatic rings. The lowest BCUT2D eigenvalue weighted by Crippen LogP contribution is -1.92. The van der Waals surface area contributed by atoms with Crippen molar-refractivity contribution >= 4 is 23.1 Å². The Labute approximate surface area is 123 Å². The summed E-state index contributed by atoms with van der Waals surface area (Å²) >= 11 is 0. The molecular formula is C16H30O4. The summed E-state index contributed by atoms with van der Waals surface area (Å²) in [7, 11) is 0. The van der Waals surface area contributed by atoms with Crippen molar-refractivity contribution in [3.05, 3.63) is 0 Å². The molecule has 0 aromatic rings. The van der Waals surface area contributed by atoms with Crippen molar-refractivity contribution < 1.29 is 19.2 Å². The molecule has 0 bridgehead atoms. The van der Waals surface area contributed by atoms with E-state index in [9.17, 15) is 19.2 Å². The van der Waals surface area contributed by atoms with Gasteiger partial charge in [0.1, 0.15) is 23.1 Å². The van der Waals surface area contributed by atoms with Crippen molar-refractivity contribution in [2.24, 2.45) is 0 Å². The number of ketones is 4. The topological polar surface area (TPSA) is 68.3 Å². The van der Waals surface area contributed by atoms with E-state index in [0.717, 1.165) is 12.8 Å². The first-order chi connectivity index (χ1) is 9.17. The Bertz CT molecular complexity index is 263. The molecule has 0 atom stereocenters. The molecule has 0 radical (unpaired) electrons. The second-order valence-corrected chi connectivity index (χ2v) is 4.72. The van der Waals surface area contributed by atoms with Crippen LogP contribution in [0.4, 0.5) is 0 Å². The number of carbonyl (C=O) groups excluding carboxylic acids is 4. The van der Waals surface area contributed by atoms with Gasteiger partial charge in [0.2, 0.25) is 0 Å². The van der Waals surface area contributed by atoms with Crippen LogP contribution in [0.1, 0.15) is 80.1 Å². The number of hydrogen-bond acceptors (Lipinski definition) is 4. The molecular weight excluding hydrogens is 256 g/mol. The van der Waals surface area contributed by atoms with Gasteiger partial charge in [0, 0.05) is 25.7 Å². The van der Waals surface area contributed by atoms with E-state index >= 15 is 0 Å². The van der Waals surface area contributed by atoms with Gasteiger partial charge in [-0.05, 0) is 40.5 Å². The number of rotatable bonds is 7. The average Bonchev–Trinajstić information content (AvgIpc) is 2.35. The third-order valence-electron chi connectivity index (χ3n) is 2.30. The Kier molecular flexibility index (Phi) is 21.0. The Balaban J connectivity index is -0.000000244. The highest BCUT2D eigenvalue weighted by Gasteiger charge is 1.95. The van der Waals surface area contributed by atoms with E-state index in [1.54, 1.807) is 27.7 Å². The Morgan fingerprint density at radius 2 is 0.750 bits per heavy atom.